The zero-order chi connectivity index (χ0) is 19.3. The van der Waals surface area contributed by atoms with Crippen LogP contribution in [0, 0.1) is 5.92 Å². The standard InChI is InChI=1S/C21H25NO4S/c1-22(27(24,25)20-9-3-2-4-10-20)18-12-14-19(15-13-18)26-21(23)16-11-17-7-5-6-8-17/h2-4,9-10,12-15,17H,5-8,11,16H2,1H3. The van der Waals surface area contributed by atoms with E-state index >= 15 is 0 Å². The van der Waals surface area contributed by atoms with Gasteiger partial charge in [0.05, 0.1) is 10.6 Å². The summed E-state index contributed by atoms with van der Waals surface area (Å²) in [6.45, 7) is 0. The van der Waals surface area contributed by atoms with Gasteiger partial charge in [0, 0.05) is 13.5 Å². The average Bonchev–Trinajstić information content (AvgIpc) is 3.21. The van der Waals surface area contributed by atoms with Gasteiger partial charge < -0.3 is 4.74 Å². The third-order valence-electron chi connectivity index (χ3n) is 5.07. The molecule has 1 fully saturated rings. The molecule has 0 saturated heterocycles. The van der Waals surface area contributed by atoms with Crippen molar-refractivity contribution in [2.75, 3.05) is 11.4 Å². The lowest BCUT2D eigenvalue weighted by Gasteiger charge is -2.19. The first-order chi connectivity index (χ1) is 13.0. The summed E-state index contributed by atoms with van der Waals surface area (Å²) in [5, 5.41) is 0. The molecule has 0 unspecified atom stereocenters. The number of rotatable bonds is 7. The quantitative estimate of drug-likeness (QED) is 0.522. The summed E-state index contributed by atoms with van der Waals surface area (Å²) in [6, 6.07) is 14.8. The smallest absolute Gasteiger partial charge is 0.311 e. The van der Waals surface area contributed by atoms with Crippen LogP contribution in [0.3, 0.4) is 0 Å². The molecule has 0 spiro atoms. The minimum absolute atomic E-state index is 0.231. The van der Waals surface area contributed by atoms with E-state index in [4.69, 9.17) is 4.74 Å². The minimum atomic E-state index is -3.62. The van der Waals surface area contributed by atoms with E-state index in [1.165, 1.54) is 37.0 Å². The van der Waals surface area contributed by atoms with Gasteiger partial charge in [-0.2, -0.15) is 0 Å². The van der Waals surface area contributed by atoms with Gasteiger partial charge in [0.2, 0.25) is 0 Å². The van der Waals surface area contributed by atoms with Gasteiger partial charge >= 0.3 is 5.97 Å². The summed E-state index contributed by atoms with van der Waals surface area (Å²) >= 11 is 0. The van der Waals surface area contributed by atoms with Gasteiger partial charge in [0.1, 0.15) is 5.75 Å². The Morgan fingerprint density at radius 2 is 1.67 bits per heavy atom. The maximum absolute atomic E-state index is 12.6. The van der Waals surface area contributed by atoms with Crippen LogP contribution in [-0.4, -0.2) is 21.4 Å². The van der Waals surface area contributed by atoms with Crippen LogP contribution in [0.25, 0.3) is 0 Å². The summed E-state index contributed by atoms with van der Waals surface area (Å²) < 4.78 is 31.9. The molecule has 2 aromatic carbocycles. The third kappa shape index (κ3) is 4.89. The van der Waals surface area contributed by atoms with Gasteiger partial charge in [-0.05, 0) is 48.7 Å². The minimum Gasteiger partial charge on any atom is -0.427 e. The van der Waals surface area contributed by atoms with Crippen molar-refractivity contribution in [3.8, 4) is 5.75 Å². The highest BCUT2D eigenvalue weighted by molar-refractivity contribution is 7.92. The zero-order valence-electron chi connectivity index (χ0n) is 15.5. The number of carbonyl (C=O) groups is 1. The lowest BCUT2D eigenvalue weighted by Crippen LogP contribution is -2.26. The van der Waals surface area contributed by atoms with E-state index in [9.17, 15) is 13.2 Å². The molecule has 0 radical (unpaired) electrons. The number of benzene rings is 2. The second-order valence-corrected chi connectivity index (χ2v) is 8.91. The molecule has 0 N–H and O–H groups in total. The normalized spacial score (nSPS) is 14.9. The number of anilines is 1. The average molecular weight is 388 g/mol. The number of esters is 1. The van der Waals surface area contributed by atoms with E-state index < -0.39 is 10.0 Å². The van der Waals surface area contributed by atoms with E-state index in [0.717, 1.165) is 6.42 Å². The van der Waals surface area contributed by atoms with Crippen LogP contribution in [0.1, 0.15) is 38.5 Å². The van der Waals surface area contributed by atoms with E-state index in [0.29, 0.717) is 23.8 Å². The molecule has 0 aromatic heterocycles. The molecule has 2 aromatic rings. The second-order valence-electron chi connectivity index (χ2n) is 6.94. The van der Waals surface area contributed by atoms with Crippen molar-refractivity contribution in [3.05, 3.63) is 54.6 Å². The first kappa shape index (κ1) is 19.4. The second kappa shape index (κ2) is 8.57. The highest BCUT2D eigenvalue weighted by Gasteiger charge is 2.21. The first-order valence-corrected chi connectivity index (χ1v) is 10.8. The Balaban J connectivity index is 1.60. The predicted octanol–water partition coefficient (Wildman–Crippen LogP) is 4.39. The Morgan fingerprint density at radius 1 is 1.04 bits per heavy atom. The van der Waals surface area contributed by atoms with Crippen LogP contribution >= 0.6 is 0 Å². The van der Waals surface area contributed by atoms with E-state index in [1.54, 1.807) is 54.6 Å². The van der Waals surface area contributed by atoms with Crippen molar-refractivity contribution in [3.63, 3.8) is 0 Å². The fourth-order valence-corrected chi connectivity index (χ4v) is 4.63. The van der Waals surface area contributed by atoms with Crippen LogP contribution in [0.4, 0.5) is 5.69 Å². The molecule has 0 aliphatic heterocycles. The number of hydrogen-bond donors (Lipinski definition) is 0. The molecule has 0 amide bonds. The van der Waals surface area contributed by atoms with Crippen molar-refractivity contribution < 1.29 is 17.9 Å². The molecule has 1 saturated carbocycles. The number of carbonyl (C=O) groups excluding carboxylic acids is 1. The number of nitrogens with zero attached hydrogens (tertiary/aromatic N) is 1. The van der Waals surface area contributed by atoms with Gasteiger partial charge in [-0.1, -0.05) is 43.9 Å². The number of sulfonamides is 1. The van der Waals surface area contributed by atoms with Crippen molar-refractivity contribution >= 4 is 21.7 Å². The summed E-state index contributed by atoms with van der Waals surface area (Å²) in [7, 11) is -2.12. The Kier molecular flexibility index (Phi) is 6.16. The Morgan fingerprint density at radius 3 is 2.30 bits per heavy atom. The van der Waals surface area contributed by atoms with Crippen LogP contribution in [0.5, 0.6) is 5.75 Å². The topological polar surface area (TPSA) is 63.7 Å². The van der Waals surface area contributed by atoms with Gasteiger partial charge in [-0.25, -0.2) is 8.42 Å². The highest BCUT2D eigenvalue weighted by Crippen LogP contribution is 2.29. The molecule has 0 heterocycles. The lowest BCUT2D eigenvalue weighted by atomic mass is 10.0. The molecule has 6 heteroatoms. The summed E-state index contributed by atoms with van der Waals surface area (Å²) in [5.74, 6) is 0.845. The van der Waals surface area contributed by atoms with Crippen LogP contribution < -0.4 is 9.04 Å². The van der Waals surface area contributed by atoms with Crippen molar-refractivity contribution in [2.45, 2.75) is 43.4 Å². The fraction of sp³-hybridized carbons (Fsp3) is 0.381. The number of hydrogen-bond acceptors (Lipinski definition) is 4. The molecular formula is C21H25NO4S. The Hall–Kier alpha value is -2.34. The molecule has 0 atom stereocenters. The van der Waals surface area contributed by atoms with Gasteiger partial charge in [-0.3, -0.25) is 9.10 Å². The predicted molar refractivity (Wildman–Crippen MR) is 105 cm³/mol. The van der Waals surface area contributed by atoms with Crippen molar-refractivity contribution in [2.24, 2.45) is 5.92 Å². The zero-order valence-corrected chi connectivity index (χ0v) is 16.3. The summed E-state index contributed by atoms with van der Waals surface area (Å²) in [4.78, 5) is 12.2. The molecule has 5 nitrogen and oxygen atoms in total. The van der Waals surface area contributed by atoms with E-state index in [2.05, 4.69) is 0 Å². The monoisotopic (exact) mass is 387 g/mol. The maximum atomic E-state index is 12.6. The lowest BCUT2D eigenvalue weighted by molar-refractivity contribution is -0.134. The SMILES string of the molecule is CN(c1ccc(OC(=O)CCC2CCCC2)cc1)S(=O)(=O)c1ccccc1. The van der Waals surface area contributed by atoms with E-state index in [-0.39, 0.29) is 10.9 Å². The Labute approximate surface area is 161 Å². The molecule has 27 heavy (non-hydrogen) atoms. The first-order valence-electron chi connectivity index (χ1n) is 9.31. The molecular weight excluding hydrogens is 362 g/mol. The van der Waals surface area contributed by atoms with Gasteiger partial charge in [0.25, 0.3) is 10.0 Å². The highest BCUT2D eigenvalue weighted by atomic mass is 32.2. The van der Waals surface area contributed by atoms with Gasteiger partial charge in [0.15, 0.2) is 0 Å². The largest absolute Gasteiger partial charge is 0.427 e. The van der Waals surface area contributed by atoms with E-state index in [1.807, 2.05) is 0 Å². The van der Waals surface area contributed by atoms with Crippen molar-refractivity contribution in [1.29, 1.82) is 0 Å². The molecule has 144 valence electrons. The summed E-state index contributed by atoms with van der Waals surface area (Å²) in [5.41, 5.74) is 0.504. The molecule has 1 aliphatic carbocycles. The molecule has 3 rings (SSSR count). The summed E-state index contributed by atoms with van der Waals surface area (Å²) in [6.07, 6.45) is 6.26. The number of ether oxygens (including phenoxy) is 1. The molecule has 1 aliphatic rings. The maximum Gasteiger partial charge on any atom is 0.311 e. The van der Waals surface area contributed by atoms with Crippen LogP contribution in [0.2, 0.25) is 0 Å². The van der Waals surface area contributed by atoms with Gasteiger partial charge in [-0.15, -0.1) is 0 Å². The molecule has 0 bridgehead atoms. The van der Waals surface area contributed by atoms with Crippen LogP contribution in [0.15, 0.2) is 59.5 Å². The third-order valence-corrected chi connectivity index (χ3v) is 6.86. The van der Waals surface area contributed by atoms with Crippen molar-refractivity contribution in [1.82, 2.24) is 0 Å². The fourth-order valence-electron chi connectivity index (χ4n) is 3.42. The van der Waals surface area contributed by atoms with Crippen LogP contribution in [-0.2, 0) is 14.8 Å². The Bertz CT molecular complexity index is 857.